The first-order valence-corrected chi connectivity index (χ1v) is 11.8. The van der Waals surface area contributed by atoms with Gasteiger partial charge in [-0.15, -0.1) is 0 Å². The number of fused-ring (bicyclic) bond motifs is 2. The van der Waals surface area contributed by atoms with Crippen molar-refractivity contribution in [3.63, 3.8) is 0 Å². The first-order chi connectivity index (χ1) is 17.4. The molecule has 182 valence electrons. The van der Waals surface area contributed by atoms with Crippen molar-refractivity contribution >= 4 is 35.0 Å². The van der Waals surface area contributed by atoms with Crippen LogP contribution in [0.3, 0.4) is 0 Å². The number of nitrogens with one attached hydrogen (secondary N) is 1. The highest BCUT2D eigenvalue weighted by molar-refractivity contribution is 6.21. The molecule has 0 aliphatic carbocycles. The third kappa shape index (κ3) is 4.57. The lowest BCUT2D eigenvalue weighted by Gasteiger charge is -2.30. The summed E-state index contributed by atoms with van der Waals surface area (Å²) in [5.41, 5.74) is 4.05. The van der Waals surface area contributed by atoms with E-state index < -0.39 is 0 Å². The molecule has 8 heteroatoms. The van der Waals surface area contributed by atoms with Crippen molar-refractivity contribution in [2.75, 3.05) is 23.4 Å². The highest BCUT2D eigenvalue weighted by Crippen LogP contribution is 2.35. The zero-order valence-electron chi connectivity index (χ0n) is 19.8. The number of carbonyl (C=O) groups excluding carboxylic acids is 4. The second-order valence-electron chi connectivity index (χ2n) is 8.90. The molecule has 0 aromatic heterocycles. The number of benzene rings is 3. The highest BCUT2D eigenvalue weighted by Gasteiger charge is 2.34. The van der Waals surface area contributed by atoms with E-state index in [2.05, 4.69) is 5.32 Å². The van der Waals surface area contributed by atoms with Crippen molar-refractivity contribution in [2.45, 2.75) is 26.3 Å². The lowest BCUT2D eigenvalue weighted by atomic mass is 10.1. The van der Waals surface area contributed by atoms with Crippen molar-refractivity contribution in [2.24, 2.45) is 0 Å². The summed E-state index contributed by atoms with van der Waals surface area (Å²) in [6.07, 6.45) is 0.469. The Kier molecular flexibility index (Phi) is 6.25. The molecule has 3 aromatic rings. The van der Waals surface area contributed by atoms with Crippen LogP contribution in [0.2, 0.25) is 0 Å². The van der Waals surface area contributed by atoms with Gasteiger partial charge in [-0.25, -0.2) is 0 Å². The van der Waals surface area contributed by atoms with E-state index in [1.807, 2.05) is 31.2 Å². The molecule has 0 atom stereocenters. The zero-order chi connectivity index (χ0) is 25.2. The van der Waals surface area contributed by atoms with Crippen LogP contribution in [-0.2, 0) is 16.1 Å². The van der Waals surface area contributed by atoms with Gasteiger partial charge in [0.2, 0.25) is 5.91 Å². The Morgan fingerprint density at radius 2 is 1.61 bits per heavy atom. The molecule has 0 unspecified atom stereocenters. The van der Waals surface area contributed by atoms with Gasteiger partial charge in [-0.05, 0) is 49.2 Å². The van der Waals surface area contributed by atoms with Crippen molar-refractivity contribution in [3.8, 4) is 5.75 Å². The number of aryl methyl sites for hydroxylation is 1. The van der Waals surface area contributed by atoms with E-state index in [-0.39, 0.29) is 43.2 Å². The van der Waals surface area contributed by atoms with E-state index in [9.17, 15) is 19.2 Å². The summed E-state index contributed by atoms with van der Waals surface area (Å²) in [5, 5.41) is 2.84. The maximum atomic E-state index is 12.6. The third-order valence-corrected chi connectivity index (χ3v) is 6.31. The lowest BCUT2D eigenvalue weighted by Crippen LogP contribution is -2.38. The number of carbonyl (C=O) groups is 4. The zero-order valence-corrected chi connectivity index (χ0v) is 19.8. The van der Waals surface area contributed by atoms with Crippen LogP contribution in [0.25, 0.3) is 0 Å². The number of imide groups is 1. The fraction of sp³-hybridized carbons (Fsp3) is 0.214. The first kappa shape index (κ1) is 23.3. The molecule has 5 rings (SSSR count). The van der Waals surface area contributed by atoms with E-state index in [0.717, 1.165) is 11.1 Å². The normalized spacial score (nSPS) is 14.4. The molecule has 0 bridgehead atoms. The summed E-state index contributed by atoms with van der Waals surface area (Å²) >= 11 is 0. The average molecular weight is 484 g/mol. The van der Waals surface area contributed by atoms with Crippen molar-refractivity contribution in [1.82, 2.24) is 4.90 Å². The minimum absolute atomic E-state index is 0.0393. The molecule has 0 fully saturated rings. The maximum absolute atomic E-state index is 12.6. The molecule has 2 aliphatic rings. The van der Waals surface area contributed by atoms with Gasteiger partial charge in [-0.2, -0.15) is 0 Å². The number of ether oxygens (including phenoxy) is 1. The predicted octanol–water partition coefficient (Wildman–Crippen LogP) is 3.94. The van der Waals surface area contributed by atoms with Gasteiger partial charge >= 0.3 is 0 Å². The van der Waals surface area contributed by atoms with Gasteiger partial charge in [0.1, 0.15) is 5.75 Å². The monoisotopic (exact) mass is 483 g/mol. The van der Waals surface area contributed by atoms with Crippen LogP contribution in [0.4, 0.5) is 11.4 Å². The van der Waals surface area contributed by atoms with Gasteiger partial charge in [-0.3, -0.25) is 24.1 Å². The molecule has 0 saturated carbocycles. The molecule has 3 aromatic carbocycles. The van der Waals surface area contributed by atoms with E-state index in [0.29, 0.717) is 41.2 Å². The second kappa shape index (κ2) is 9.65. The van der Waals surface area contributed by atoms with Crippen LogP contribution in [0.15, 0.2) is 66.7 Å². The van der Waals surface area contributed by atoms with Crippen LogP contribution in [0.1, 0.15) is 44.7 Å². The average Bonchev–Trinajstić information content (AvgIpc) is 3.12. The van der Waals surface area contributed by atoms with Gasteiger partial charge in [0.25, 0.3) is 17.7 Å². The standard InChI is InChI=1S/C28H25N3O5/c1-18-8-10-19(11-9-18)16-31-23-15-20(12-13-24(23)36-17-26(31)33)29-25(32)7-4-14-30-27(34)21-5-2-3-6-22(21)28(30)35/h2-3,5-6,8-13,15H,4,7,14,16-17H2,1H3,(H,29,32). The third-order valence-electron chi connectivity index (χ3n) is 6.31. The molecule has 8 nitrogen and oxygen atoms in total. The van der Waals surface area contributed by atoms with E-state index in [4.69, 9.17) is 4.74 Å². The summed E-state index contributed by atoms with van der Waals surface area (Å²) in [6.45, 7) is 2.53. The van der Waals surface area contributed by atoms with Crippen LogP contribution < -0.4 is 15.0 Å². The molecule has 36 heavy (non-hydrogen) atoms. The number of hydrogen-bond donors (Lipinski definition) is 1. The molecule has 1 N–H and O–H groups in total. The Hall–Kier alpha value is -4.46. The van der Waals surface area contributed by atoms with Gasteiger partial charge < -0.3 is 15.0 Å². The molecule has 0 radical (unpaired) electrons. The van der Waals surface area contributed by atoms with Crippen LogP contribution >= 0.6 is 0 Å². The van der Waals surface area contributed by atoms with Crippen molar-refractivity contribution in [3.05, 3.63) is 89.0 Å². The minimum Gasteiger partial charge on any atom is -0.482 e. The van der Waals surface area contributed by atoms with Crippen LogP contribution in [0, 0.1) is 6.92 Å². The number of anilines is 2. The maximum Gasteiger partial charge on any atom is 0.265 e. The Balaban J connectivity index is 1.21. The number of nitrogens with zero attached hydrogens (tertiary/aromatic N) is 2. The molecule has 0 saturated heterocycles. The Morgan fingerprint density at radius 3 is 2.31 bits per heavy atom. The topological polar surface area (TPSA) is 96.0 Å². The summed E-state index contributed by atoms with van der Waals surface area (Å²) in [4.78, 5) is 53.0. The summed E-state index contributed by atoms with van der Waals surface area (Å²) < 4.78 is 5.58. The molecule has 2 aliphatic heterocycles. The SMILES string of the molecule is Cc1ccc(CN2C(=O)COc3ccc(NC(=O)CCCN4C(=O)c5ccccc5C4=O)cc32)cc1. The minimum atomic E-state index is -0.330. The summed E-state index contributed by atoms with van der Waals surface area (Å²) in [6, 6.07) is 19.9. The highest BCUT2D eigenvalue weighted by atomic mass is 16.5. The molecule has 4 amide bonds. The molecular weight excluding hydrogens is 458 g/mol. The van der Waals surface area contributed by atoms with E-state index in [1.54, 1.807) is 47.4 Å². The quantitative estimate of drug-likeness (QED) is 0.514. The number of hydrogen-bond acceptors (Lipinski definition) is 5. The fourth-order valence-electron chi connectivity index (χ4n) is 4.39. The summed E-state index contributed by atoms with van der Waals surface area (Å²) in [7, 11) is 0. The number of rotatable bonds is 7. The van der Waals surface area contributed by atoms with E-state index >= 15 is 0 Å². The largest absolute Gasteiger partial charge is 0.482 e. The van der Waals surface area contributed by atoms with Gasteiger partial charge in [0.05, 0.1) is 23.4 Å². The van der Waals surface area contributed by atoms with Crippen molar-refractivity contribution < 1.29 is 23.9 Å². The Bertz CT molecular complexity index is 1330. The second-order valence-corrected chi connectivity index (χ2v) is 8.90. The fourth-order valence-corrected chi connectivity index (χ4v) is 4.39. The number of amides is 4. The van der Waals surface area contributed by atoms with Crippen molar-refractivity contribution in [1.29, 1.82) is 0 Å². The summed E-state index contributed by atoms with van der Waals surface area (Å²) in [5.74, 6) is -0.495. The van der Waals surface area contributed by atoms with E-state index in [1.165, 1.54) is 4.90 Å². The molecule has 2 heterocycles. The Morgan fingerprint density at radius 1 is 0.917 bits per heavy atom. The first-order valence-electron chi connectivity index (χ1n) is 11.8. The van der Waals surface area contributed by atoms with Gasteiger partial charge in [0, 0.05) is 18.7 Å². The lowest BCUT2D eigenvalue weighted by molar-refractivity contribution is -0.121. The van der Waals surface area contributed by atoms with Crippen LogP contribution in [0.5, 0.6) is 5.75 Å². The van der Waals surface area contributed by atoms with Gasteiger partial charge in [-0.1, -0.05) is 42.0 Å². The Labute approximate surface area is 208 Å². The van der Waals surface area contributed by atoms with Gasteiger partial charge in [0.15, 0.2) is 6.61 Å². The predicted molar refractivity (Wildman–Crippen MR) is 134 cm³/mol. The van der Waals surface area contributed by atoms with Crippen LogP contribution in [-0.4, -0.2) is 41.7 Å². The molecular formula is C28H25N3O5. The smallest absolute Gasteiger partial charge is 0.265 e. The molecule has 0 spiro atoms.